The molecule has 4 aromatic rings. The Hall–Kier alpha value is -3.89. The number of hydrogen-bond donors (Lipinski definition) is 0. The molecule has 0 atom stereocenters. The first-order chi connectivity index (χ1) is 17.3. The molecule has 0 N–H and O–H groups in total. The Bertz CT molecular complexity index is 1180. The average molecular weight is 463 g/mol. The van der Waals surface area contributed by atoms with Gasteiger partial charge < -0.3 is 9.64 Å². The Morgan fingerprint density at radius 1 is 0.686 bits per heavy atom. The molecule has 1 saturated heterocycles. The van der Waals surface area contributed by atoms with Crippen molar-refractivity contribution in [2.75, 3.05) is 26.2 Å². The van der Waals surface area contributed by atoms with Gasteiger partial charge >= 0.3 is 0 Å². The van der Waals surface area contributed by atoms with Crippen LogP contribution in [0.5, 0.6) is 5.75 Å². The van der Waals surface area contributed by atoms with Crippen molar-refractivity contribution in [2.24, 2.45) is 0 Å². The van der Waals surface area contributed by atoms with Crippen LogP contribution in [0.4, 0.5) is 0 Å². The molecule has 0 aliphatic carbocycles. The van der Waals surface area contributed by atoms with Gasteiger partial charge in [0.05, 0.1) is 6.04 Å². The van der Waals surface area contributed by atoms with E-state index in [9.17, 15) is 4.79 Å². The minimum absolute atomic E-state index is 0.0609. The number of rotatable bonds is 7. The third-order valence-electron chi connectivity index (χ3n) is 6.53. The van der Waals surface area contributed by atoms with Crippen molar-refractivity contribution in [3.05, 3.63) is 138 Å². The van der Waals surface area contributed by atoms with E-state index in [0.717, 1.165) is 18.7 Å². The number of ether oxygens (including phenoxy) is 1. The van der Waals surface area contributed by atoms with Crippen molar-refractivity contribution in [2.45, 2.75) is 12.6 Å². The van der Waals surface area contributed by atoms with E-state index in [2.05, 4.69) is 65.6 Å². The molecule has 1 fully saturated rings. The van der Waals surface area contributed by atoms with E-state index in [-0.39, 0.29) is 11.9 Å². The maximum Gasteiger partial charge on any atom is 0.254 e. The first-order valence-electron chi connectivity index (χ1n) is 12.2. The van der Waals surface area contributed by atoms with Crippen LogP contribution in [0.3, 0.4) is 0 Å². The van der Waals surface area contributed by atoms with Gasteiger partial charge in [0.2, 0.25) is 0 Å². The van der Waals surface area contributed by atoms with E-state index < -0.39 is 0 Å². The highest BCUT2D eigenvalue weighted by atomic mass is 16.5. The second-order valence-electron chi connectivity index (χ2n) is 8.85. The van der Waals surface area contributed by atoms with Crippen LogP contribution >= 0.6 is 0 Å². The Balaban J connectivity index is 1.25. The Morgan fingerprint density at radius 3 is 1.86 bits per heavy atom. The minimum atomic E-state index is 0.0609. The molecule has 1 aliphatic rings. The minimum Gasteiger partial charge on any atom is -0.489 e. The molecular formula is C31H30N2O2. The third-order valence-corrected chi connectivity index (χ3v) is 6.53. The van der Waals surface area contributed by atoms with E-state index in [1.165, 1.54) is 11.1 Å². The zero-order valence-electron chi connectivity index (χ0n) is 19.8. The van der Waals surface area contributed by atoms with Gasteiger partial charge in [-0.3, -0.25) is 9.69 Å². The van der Waals surface area contributed by atoms with E-state index in [0.29, 0.717) is 31.0 Å². The molecule has 4 aromatic carbocycles. The number of amides is 1. The van der Waals surface area contributed by atoms with Gasteiger partial charge in [-0.25, -0.2) is 0 Å². The molecule has 4 heteroatoms. The van der Waals surface area contributed by atoms with Crippen LogP contribution in [0.25, 0.3) is 0 Å². The fourth-order valence-electron chi connectivity index (χ4n) is 4.71. The predicted molar refractivity (Wildman–Crippen MR) is 139 cm³/mol. The van der Waals surface area contributed by atoms with E-state index in [4.69, 9.17) is 4.74 Å². The van der Waals surface area contributed by atoms with Crippen molar-refractivity contribution in [3.8, 4) is 5.75 Å². The quantitative estimate of drug-likeness (QED) is 0.347. The monoisotopic (exact) mass is 462 g/mol. The fourth-order valence-corrected chi connectivity index (χ4v) is 4.71. The molecule has 1 amide bonds. The summed E-state index contributed by atoms with van der Waals surface area (Å²) in [7, 11) is 0. The topological polar surface area (TPSA) is 32.8 Å². The maximum absolute atomic E-state index is 13.3. The Morgan fingerprint density at radius 2 is 1.26 bits per heavy atom. The van der Waals surface area contributed by atoms with Gasteiger partial charge in [0.1, 0.15) is 12.4 Å². The number of carbonyl (C=O) groups is 1. The zero-order chi connectivity index (χ0) is 23.9. The van der Waals surface area contributed by atoms with Crippen LogP contribution in [-0.2, 0) is 6.61 Å². The Kier molecular flexibility index (Phi) is 7.21. The summed E-state index contributed by atoms with van der Waals surface area (Å²) >= 11 is 0. The van der Waals surface area contributed by atoms with Gasteiger partial charge in [-0.2, -0.15) is 0 Å². The highest BCUT2D eigenvalue weighted by Gasteiger charge is 2.28. The molecule has 0 spiro atoms. The lowest BCUT2D eigenvalue weighted by Gasteiger charge is -2.39. The summed E-state index contributed by atoms with van der Waals surface area (Å²) in [6.45, 7) is 3.53. The predicted octanol–water partition coefficient (Wildman–Crippen LogP) is 5.81. The van der Waals surface area contributed by atoms with Crippen LogP contribution in [0.2, 0.25) is 0 Å². The van der Waals surface area contributed by atoms with Crippen LogP contribution in [0, 0.1) is 0 Å². The molecular weight excluding hydrogens is 432 g/mol. The SMILES string of the molecule is O=C(c1cccc(OCc2ccccc2)c1)N1CCN(C(c2ccccc2)c2ccccc2)CC1. The molecule has 176 valence electrons. The molecule has 5 rings (SSSR count). The highest BCUT2D eigenvalue weighted by Crippen LogP contribution is 2.29. The van der Waals surface area contributed by atoms with Gasteiger partial charge in [-0.15, -0.1) is 0 Å². The van der Waals surface area contributed by atoms with Crippen molar-refractivity contribution in [1.29, 1.82) is 0 Å². The summed E-state index contributed by atoms with van der Waals surface area (Å²) in [5.41, 5.74) is 4.34. The molecule has 1 aliphatic heterocycles. The molecule has 0 bridgehead atoms. The summed E-state index contributed by atoms with van der Waals surface area (Å²) in [5.74, 6) is 0.775. The molecule has 0 aromatic heterocycles. The largest absolute Gasteiger partial charge is 0.489 e. The van der Waals surface area contributed by atoms with Crippen molar-refractivity contribution < 1.29 is 9.53 Å². The molecule has 35 heavy (non-hydrogen) atoms. The number of nitrogens with zero attached hydrogens (tertiary/aromatic N) is 2. The Labute approximate surface area is 207 Å². The summed E-state index contributed by atoms with van der Waals surface area (Å²) in [6, 6.07) is 39.0. The lowest BCUT2D eigenvalue weighted by molar-refractivity contribution is 0.0597. The molecule has 0 radical (unpaired) electrons. The fraction of sp³-hybridized carbons (Fsp3) is 0.194. The summed E-state index contributed by atoms with van der Waals surface area (Å²) in [6.07, 6.45) is 0. The van der Waals surface area contributed by atoms with E-state index in [1.807, 2.05) is 59.5 Å². The van der Waals surface area contributed by atoms with Crippen LogP contribution < -0.4 is 4.74 Å². The first kappa shape index (κ1) is 22.9. The summed E-state index contributed by atoms with van der Waals surface area (Å²) in [5, 5.41) is 0. The van der Waals surface area contributed by atoms with Crippen LogP contribution in [0.15, 0.2) is 115 Å². The number of piperazine rings is 1. The van der Waals surface area contributed by atoms with Gasteiger partial charge in [0, 0.05) is 31.7 Å². The van der Waals surface area contributed by atoms with Crippen molar-refractivity contribution >= 4 is 5.91 Å². The zero-order valence-corrected chi connectivity index (χ0v) is 19.8. The van der Waals surface area contributed by atoms with Gasteiger partial charge in [0.25, 0.3) is 5.91 Å². The lowest BCUT2D eigenvalue weighted by Crippen LogP contribution is -2.49. The standard InChI is InChI=1S/C31H30N2O2/c34-31(28-17-10-18-29(23-28)35-24-25-11-4-1-5-12-25)33-21-19-32(20-22-33)30(26-13-6-2-7-14-26)27-15-8-3-9-16-27/h1-18,23,30H,19-22,24H2. The molecule has 0 unspecified atom stereocenters. The van der Waals surface area contributed by atoms with E-state index in [1.54, 1.807) is 0 Å². The van der Waals surface area contributed by atoms with Gasteiger partial charge in [-0.1, -0.05) is 97.1 Å². The van der Waals surface area contributed by atoms with Crippen molar-refractivity contribution in [1.82, 2.24) is 9.80 Å². The lowest BCUT2D eigenvalue weighted by atomic mass is 9.96. The highest BCUT2D eigenvalue weighted by molar-refractivity contribution is 5.94. The molecule has 0 saturated carbocycles. The molecule has 4 nitrogen and oxygen atoms in total. The first-order valence-corrected chi connectivity index (χ1v) is 12.2. The number of benzene rings is 4. The maximum atomic E-state index is 13.3. The normalized spacial score (nSPS) is 14.1. The second-order valence-corrected chi connectivity index (χ2v) is 8.85. The number of carbonyl (C=O) groups excluding carboxylic acids is 1. The van der Waals surface area contributed by atoms with Crippen LogP contribution in [-0.4, -0.2) is 41.9 Å². The van der Waals surface area contributed by atoms with Gasteiger partial charge in [-0.05, 0) is 34.9 Å². The van der Waals surface area contributed by atoms with Gasteiger partial charge in [0.15, 0.2) is 0 Å². The second kappa shape index (κ2) is 11.0. The third kappa shape index (κ3) is 5.61. The summed E-state index contributed by atoms with van der Waals surface area (Å²) < 4.78 is 5.94. The molecule has 1 heterocycles. The van der Waals surface area contributed by atoms with Crippen molar-refractivity contribution in [3.63, 3.8) is 0 Å². The van der Waals surface area contributed by atoms with E-state index >= 15 is 0 Å². The summed E-state index contributed by atoms with van der Waals surface area (Å²) in [4.78, 5) is 17.7. The van der Waals surface area contributed by atoms with Crippen LogP contribution in [0.1, 0.15) is 33.1 Å². The smallest absolute Gasteiger partial charge is 0.254 e. The average Bonchev–Trinajstić information content (AvgIpc) is 2.94. The number of hydrogen-bond acceptors (Lipinski definition) is 3.